The highest BCUT2D eigenvalue weighted by molar-refractivity contribution is 6.24. The fourth-order valence-electron chi connectivity index (χ4n) is 6.55. The van der Waals surface area contributed by atoms with E-state index in [0.29, 0.717) is 21.7 Å². The number of hydrogen-bond donors (Lipinski definition) is 5. The number of carbonyl (C=O) groups is 7. The molecule has 1 aliphatic rings. The molecule has 0 radical (unpaired) electrons. The van der Waals surface area contributed by atoms with Gasteiger partial charge in [-0.1, -0.05) is 91.0 Å². The van der Waals surface area contributed by atoms with Crippen molar-refractivity contribution in [3.05, 3.63) is 131 Å². The Morgan fingerprint density at radius 2 is 1.42 bits per heavy atom. The van der Waals surface area contributed by atoms with Crippen LogP contribution in [0.1, 0.15) is 42.5 Å². The number of ketones is 1. The van der Waals surface area contributed by atoms with E-state index >= 15 is 4.79 Å². The highest BCUT2D eigenvalue weighted by Gasteiger charge is 2.69. The third kappa shape index (κ3) is 7.50. The minimum absolute atomic E-state index is 0.0820. The van der Waals surface area contributed by atoms with Crippen molar-refractivity contribution in [3.63, 3.8) is 0 Å². The Morgan fingerprint density at radius 1 is 0.836 bits per heavy atom. The number of benzene rings is 4. The number of urea groups is 2. The number of imide groups is 1. The van der Waals surface area contributed by atoms with E-state index in [4.69, 9.17) is 5.73 Å². The highest BCUT2D eigenvalue weighted by atomic mass is 16.4. The molecule has 0 bridgehead atoms. The van der Waals surface area contributed by atoms with Gasteiger partial charge in [-0.05, 0) is 61.2 Å². The molecule has 1 heterocycles. The van der Waals surface area contributed by atoms with Crippen molar-refractivity contribution in [3.8, 4) is 0 Å². The Kier molecular flexibility index (Phi) is 11.5. The number of aryl methyl sites for hydroxylation is 1. The summed E-state index contributed by atoms with van der Waals surface area (Å²) in [7, 11) is 0. The number of carboxylic acids is 2. The van der Waals surface area contributed by atoms with Gasteiger partial charge in [-0.3, -0.25) is 24.1 Å². The number of para-hydroxylation sites is 2. The zero-order valence-corrected chi connectivity index (χ0v) is 30.3. The van der Waals surface area contributed by atoms with E-state index < -0.39 is 65.3 Å². The summed E-state index contributed by atoms with van der Waals surface area (Å²) in [4.78, 5) is 97.5. The van der Waals surface area contributed by atoms with Crippen molar-refractivity contribution in [1.29, 1.82) is 0 Å². The Bertz CT molecular complexity index is 2110. The second-order valence-electron chi connectivity index (χ2n) is 13.1. The van der Waals surface area contributed by atoms with E-state index in [1.165, 1.54) is 31.2 Å². The number of aliphatic carboxylic acids is 2. The molecule has 0 spiro atoms. The van der Waals surface area contributed by atoms with Crippen molar-refractivity contribution >= 4 is 53.0 Å². The van der Waals surface area contributed by atoms with Crippen LogP contribution in [0, 0.1) is 6.92 Å². The van der Waals surface area contributed by atoms with Gasteiger partial charge >= 0.3 is 24.0 Å². The largest absolute Gasteiger partial charge is 0.481 e. The SMILES string of the molecule is CC(=O)[C@@](C(=O)O)(N1C(=O)N(Cc2ccccc2)[C@](C)(c2ccc(CNC(=O)Nc3ccccc3C)cc2)C1=O)N(C(=O)[C@@H](N)CC(=O)O)c1ccccc1. The molecule has 0 saturated carbocycles. The fourth-order valence-corrected chi connectivity index (χ4v) is 6.55. The maximum Gasteiger partial charge on any atom is 0.360 e. The molecule has 55 heavy (non-hydrogen) atoms. The average Bonchev–Trinajstić information content (AvgIpc) is 3.34. The lowest BCUT2D eigenvalue weighted by molar-refractivity contribution is -0.162. The molecule has 0 aromatic heterocycles. The first-order valence-corrected chi connectivity index (χ1v) is 17.1. The molecule has 5 rings (SSSR count). The van der Waals surface area contributed by atoms with Crippen LogP contribution in [0.3, 0.4) is 0 Å². The van der Waals surface area contributed by atoms with Gasteiger partial charge in [-0.2, -0.15) is 0 Å². The first kappa shape index (κ1) is 39.3. The Hall–Kier alpha value is -6.87. The predicted molar refractivity (Wildman–Crippen MR) is 200 cm³/mol. The summed E-state index contributed by atoms with van der Waals surface area (Å²) >= 11 is 0. The summed E-state index contributed by atoms with van der Waals surface area (Å²) in [6.07, 6.45) is -0.954. The molecule has 6 amide bonds. The standard InChI is InChI=1S/C40H40N6O9/c1-25-12-10-11-17-32(25)43-37(54)42-23-27-18-20-29(21-19-27)39(3)35(51)46(38(55)44(39)24-28-13-6-4-7-14-28)40(26(2)47,36(52)53)45(30-15-8-5-9-16-30)34(50)31(41)22-33(48)49/h4-21,31H,22-24,41H2,1-3H3,(H,48,49)(H,52,53)(H2,42,43,54)/t31-,39+,40-/m0/s1. The zero-order chi connectivity index (χ0) is 40.1. The van der Waals surface area contributed by atoms with Crippen molar-refractivity contribution < 1.29 is 43.8 Å². The van der Waals surface area contributed by atoms with E-state index in [9.17, 15) is 39.0 Å². The lowest BCUT2D eigenvalue weighted by Crippen LogP contribution is -2.74. The third-order valence-electron chi connectivity index (χ3n) is 9.51. The summed E-state index contributed by atoms with van der Waals surface area (Å²) < 4.78 is 0. The molecule has 284 valence electrons. The van der Waals surface area contributed by atoms with Crippen molar-refractivity contribution in [2.75, 3.05) is 10.2 Å². The van der Waals surface area contributed by atoms with Gasteiger partial charge < -0.3 is 31.5 Å². The zero-order valence-electron chi connectivity index (χ0n) is 30.3. The number of rotatable bonds is 14. The minimum Gasteiger partial charge on any atom is -0.481 e. The molecule has 1 fully saturated rings. The topological polar surface area (TPSA) is 220 Å². The van der Waals surface area contributed by atoms with Gasteiger partial charge in [0.15, 0.2) is 5.78 Å². The Balaban J connectivity index is 1.60. The number of nitrogens with zero attached hydrogens (tertiary/aromatic N) is 3. The number of carbonyl (C=O) groups excluding carboxylic acids is 5. The summed E-state index contributed by atoms with van der Waals surface area (Å²) in [6, 6.07) is 25.5. The van der Waals surface area contributed by atoms with Gasteiger partial charge in [0.1, 0.15) is 5.54 Å². The molecule has 15 nitrogen and oxygen atoms in total. The van der Waals surface area contributed by atoms with Crippen molar-refractivity contribution in [1.82, 2.24) is 15.1 Å². The number of hydrogen-bond acceptors (Lipinski definition) is 8. The summed E-state index contributed by atoms with van der Waals surface area (Å²) in [6.45, 7) is 3.92. The van der Waals surface area contributed by atoms with E-state index in [1.807, 2.05) is 19.1 Å². The second kappa shape index (κ2) is 16.0. The van der Waals surface area contributed by atoms with E-state index in [0.717, 1.165) is 17.4 Å². The van der Waals surface area contributed by atoms with E-state index in [2.05, 4.69) is 10.6 Å². The van der Waals surface area contributed by atoms with Crippen LogP contribution in [0.15, 0.2) is 109 Å². The number of anilines is 2. The van der Waals surface area contributed by atoms with Crippen LogP contribution >= 0.6 is 0 Å². The number of Topliss-reactive ketones (excluding diaryl/α,β-unsaturated/α-hetero) is 1. The molecule has 0 unspecified atom stereocenters. The lowest BCUT2D eigenvalue weighted by atomic mass is 9.88. The van der Waals surface area contributed by atoms with Gasteiger partial charge in [0.2, 0.25) is 5.91 Å². The Morgan fingerprint density at radius 3 is 1.98 bits per heavy atom. The molecular weight excluding hydrogens is 708 g/mol. The Labute approximate surface area is 316 Å². The lowest BCUT2D eigenvalue weighted by Gasteiger charge is -2.43. The fraction of sp³-hybridized carbons (Fsp3) is 0.225. The van der Waals surface area contributed by atoms with Crippen LogP contribution in [0.5, 0.6) is 0 Å². The van der Waals surface area contributed by atoms with Crippen LogP contribution in [0.25, 0.3) is 0 Å². The summed E-state index contributed by atoms with van der Waals surface area (Å²) in [5.41, 5.74) is 3.33. The van der Waals surface area contributed by atoms with Crippen LogP contribution in [-0.4, -0.2) is 73.3 Å². The molecule has 1 saturated heterocycles. The van der Waals surface area contributed by atoms with Crippen LogP contribution in [0.2, 0.25) is 0 Å². The van der Waals surface area contributed by atoms with Gasteiger partial charge in [-0.25, -0.2) is 19.3 Å². The highest BCUT2D eigenvalue weighted by Crippen LogP contribution is 2.44. The van der Waals surface area contributed by atoms with Gasteiger partial charge in [0, 0.05) is 24.5 Å². The minimum atomic E-state index is -3.36. The smallest absolute Gasteiger partial charge is 0.360 e. The molecule has 1 aliphatic heterocycles. The van der Waals surface area contributed by atoms with Crippen LogP contribution in [-0.2, 0) is 42.6 Å². The molecule has 15 heteroatoms. The molecule has 0 aliphatic carbocycles. The van der Waals surface area contributed by atoms with Gasteiger partial charge in [0.05, 0.1) is 12.5 Å². The third-order valence-corrected chi connectivity index (χ3v) is 9.51. The van der Waals surface area contributed by atoms with Gasteiger partial charge in [-0.15, -0.1) is 0 Å². The predicted octanol–water partition coefficient (Wildman–Crippen LogP) is 4.20. The maximum atomic E-state index is 15.0. The van der Waals surface area contributed by atoms with Crippen molar-refractivity contribution in [2.24, 2.45) is 5.73 Å². The number of nitrogens with one attached hydrogen (secondary N) is 2. The van der Waals surface area contributed by atoms with Crippen LogP contribution < -0.4 is 21.3 Å². The number of nitrogens with two attached hydrogens (primary N) is 1. The molecule has 3 atom stereocenters. The molecule has 6 N–H and O–H groups in total. The summed E-state index contributed by atoms with van der Waals surface area (Å²) in [5, 5.41) is 26.0. The first-order valence-electron chi connectivity index (χ1n) is 17.1. The van der Waals surface area contributed by atoms with Crippen LogP contribution in [0.4, 0.5) is 21.0 Å². The maximum absolute atomic E-state index is 15.0. The summed E-state index contributed by atoms with van der Waals surface area (Å²) in [5.74, 6) is -7.35. The molecule has 4 aromatic carbocycles. The molecule has 4 aromatic rings. The normalized spacial score (nSPS) is 16.9. The van der Waals surface area contributed by atoms with E-state index in [1.54, 1.807) is 72.8 Å². The second-order valence-corrected chi connectivity index (χ2v) is 13.1. The number of carboxylic acid groups (broad SMARTS) is 2. The monoisotopic (exact) mass is 748 g/mol. The molecular formula is C40H40N6O9. The average molecular weight is 749 g/mol. The first-order chi connectivity index (χ1) is 26.1. The quantitative estimate of drug-likeness (QED) is 0.0914. The van der Waals surface area contributed by atoms with Crippen molar-refractivity contribution in [2.45, 2.75) is 57.5 Å². The van der Waals surface area contributed by atoms with Gasteiger partial charge in [0.25, 0.3) is 11.6 Å². The number of amides is 6. The van der Waals surface area contributed by atoms with E-state index in [-0.39, 0.29) is 29.2 Å².